The van der Waals surface area contributed by atoms with Crippen molar-refractivity contribution < 1.29 is 17.9 Å². The van der Waals surface area contributed by atoms with Gasteiger partial charge in [-0.05, 0) is 35.7 Å². The van der Waals surface area contributed by atoms with Crippen LogP contribution in [0, 0.1) is 5.92 Å². The van der Waals surface area contributed by atoms with Gasteiger partial charge in [0.2, 0.25) is 0 Å². The first-order chi connectivity index (χ1) is 17.7. The lowest BCUT2D eigenvalue weighted by Crippen LogP contribution is -2.31. The number of rotatable bonds is 9. The van der Waals surface area contributed by atoms with Crippen LogP contribution in [0.1, 0.15) is 25.2 Å². The third-order valence-electron chi connectivity index (χ3n) is 5.62. The van der Waals surface area contributed by atoms with E-state index in [4.69, 9.17) is 21.3 Å². The Hall–Kier alpha value is -3.62. The van der Waals surface area contributed by atoms with Crippen LogP contribution in [0.3, 0.4) is 0 Å². The maximum Gasteiger partial charge on any atom is 0.421 e. The first-order valence-electron chi connectivity index (χ1n) is 11.9. The highest BCUT2D eigenvalue weighted by Crippen LogP contribution is 2.24. The van der Waals surface area contributed by atoms with Crippen molar-refractivity contribution >= 4 is 27.7 Å². The number of sulfonamides is 1. The van der Waals surface area contributed by atoms with Gasteiger partial charge in [0.15, 0.2) is 0 Å². The molecule has 1 amide bonds. The third-order valence-corrected chi connectivity index (χ3v) is 7.43. The van der Waals surface area contributed by atoms with Crippen molar-refractivity contribution in [2.75, 3.05) is 6.61 Å². The number of benzene rings is 3. The summed E-state index contributed by atoms with van der Waals surface area (Å²) in [5.74, 6) is 1.44. The maximum atomic E-state index is 12.4. The topological polar surface area (TPSA) is 90.3 Å². The summed E-state index contributed by atoms with van der Waals surface area (Å²) in [5, 5.41) is 0.0215. The van der Waals surface area contributed by atoms with Crippen LogP contribution < -0.4 is 4.72 Å². The van der Waals surface area contributed by atoms with Gasteiger partial charge in [-0.25, -0.2) is 22.9 Å². The average molecular weight is 538 g/mol. The zero-order valence-corrected chi connectivity index (χ0v) is 22.2. The maximum absolute atomic E-state index is 12.4. The summed E-state index contributed by atoms with van der Waals surface area (Å²) in [6.45, 7) is 4.35. The van der Waals surface area contributed by atoms with Gasteiger partial charge in [-0.15, -0.1) is 0 Å². The zero-order valence-electron chi connectivity index (χ0n) is 20.6. The van der Waals surface area contributed by atoms with E-state index in [1.807, 2.05) is 59.3 Å². The molecule has 0 spiro atoms. The van der Waals surface area contributed by atoms with Gasteiger partial charge in [0.1, 0.15) is 10.7 Å². The Bertz CT molecular complexity index is 1470. The fraction of sp³-hybridized carbons (Fsp3) is 0.214. The summed E-state index contributed by atoms with van der Waals surface area (Å²) in [6.07, 6.45) is 2.27. The van der Waals surface area contributed by atoms with E-state index in [0.717, 1.165) is 34.8 Å². The Kier molecular flexibility index (Phi) is 8.31. The number of amides is 1. The second-order valence-corrected chi connectivity index (χ2v) is 11.0. The molecule has 1 heterocycles. The van der Waals surface area contributed by atoms with Gasteiger partial charge in [0.05, 0.1) is 17.3 Å². The molecule has 192 valence electrons. The van der Waals surface area contributed by atoms with Crippen molar-refractivity contribution in [3.8, 4) is 16.9 Å². The van der Waals surface area contributed by atoms with Crippen LogP contribution in [0.4, 0.5) is 4.79 Å². The summed E-state index contributed by atoms with van der Waals surface area (Å²) in [4.78, 5) is 16.8. The molecule has 1 aromatic heterocycles. The molecular formula is C28H28ClN3O4S. The number of hydrogen-bond acceptors (Lipinski definition) is 5. The third kappa shape index (κ3) is 6.78. The molecule has 0 saturated heterocycles. The molecule has 3 aromatic carbocycles. The lowest BCUT2D eigenvalue weighted by atomic mass is 10.1. The van der Waals surface area contributed by atoms with E-state index in [2.05, 4.69) is 24.6 Å². The van der Waals surface area contributed by atoms with Crippen molar-refractivity contribution in [3.05, 3.63) is 101 Å². The number of aromatic nitrogens is 2. The standard InChI is InChI=1S/C28H28ClN3O4S/c1-20(2)18-27-30-25(22-8-4-3-5-9-22)19-32(27)23-14-12-21(13-15-23)16-17-36-28(33)31-37(34,35)26-11-7-6-10-24(26)29/h3-15,19-20H,16-18H2,1-2H3,(H,31,33). The largest absolute Gasteiger partial charge is 0.448 e. The Morgan fingerprint density at radius 3 is 2.35 bits per heavy atom. The normalized spacial score (nSPS) is 11.5. The van der Waals surface area contributed by atoms with E-state index >= 15 is 0 Å². The van der Waals surface area contributed by atoms with Crippen molar-refractivity contribution in [3.63, 3.8) is 0 Å². The Labute approximate surface area is 222 Å². The van der Waals surface area contributed by atoms with Crippen LogP contribution in [0.15, 0.2) is 90.0 Å². The lowest BCUT2D eigenvalue weighted by molar-refractivity contribution is 0.154. The molecule has 0 bridgehead atoms. The molecular weight excluding hydrogens is 510 g/mol. The van der Waals surface area contributed by atoms with Crippen LogP contribution in [0.25, 0.3) is 16.9 Å². The van der Waals surface area contributed by atoms with Crippen LogP contribution in [0.5, 0.6) is 0 Å². The van der Waals surface area contributed by atoms with Gasteiger partial charge < -0.3 is 9.30 Å². The quantitative estimate of drug-likeness (QED) is 0.281. The molecule has 0 aliphatic carbocycles. The highest BCUT2D eigenvalue weighted by atomic mass is 35.5. The second kappa shape index (κ2) is 11.6. The number of hydrogen-bond donors (Lipinski definition) is 1. The van der Waals surface area contributed by atoms with Gasteiger partial charge in [-0.3, -0.25) is 0 Å². The van der Waals surface area contributed by atoms with E-state index in [1.54, 1.807) is 6.07 Å². The van der Waals surface area contributed by atoms with Crippen LogP contribution in [-0.2, 0) is 27.6 Å². The van der Waals surface area contributed by atoms with E-state index < -0.39 is 16.1 Å². The Balaban J connectivity index is 1.39. The molecule has 0 atom stereocenters. The number of nitrogens with one attached hydrogen (secondary N) is 1. The summed E-state index contributed by atoms with van der Waals surface area (Å²) < 4.78 is 33.8. The molecule has 0 saturated carbocycles. The van der Waals surface area contributed by atoms with Gasteiger partial charge >= 0.3 is 6.09 Å². The van der Waals surface area contributed by atoms with E-state index in [1.165, 1.54) is 18.2 Å². The second-order valence-electron chi connectivity index (χ2n) is 8.96. The number of imidazole rings is 1. The molecule has 4 rings (SSSR count). The Morgan fingerprint density at radius 2 is 1.68 bits per heavy atom. The highest BCUT2D eigenvalue weighted by molar-refractivity contribution is 7.90. The minimum atomic E-state index is -4.12. The van der Waals surface area contributed by atoms with E-state index in [-0.39, 0.29) is 16.5 Å². The number of carbonyl (C=O) groups excluding carboxylic acids is 1. The van der Waals surface area contributed by atoms with Crippen LogP contribution in [-0.4, -0.2) is 30.7 Å². The Morgan fingerprint density at radius 1 is 1.00 bits per heavy atom. The molecule has 4 aromatic rings. The molecule has 0 radical (unpaired) electrons. The van der Waals surface area contributed by atoms with Gasteiger partial charge in [0, 0.05) is 30.3 Å². The monoisotopic (exact) mass is 537 g/mol. The van der Waals surface area contributed by atoms with Gasteiger partial charge in [-0.2, -0.15) is 0 Å². The van der Waals surface area contributed by atoms with Crippen molar-refractivity contribution in [2.24, 2.45) is 5.92 Å². The SMILES string of the molecule is CC(C)Cc1nc(-c2ccccc2)cn1-c1ccc(CCOC(=O)NS(=O)(=O)c2ccccc2Cl)cc1. The van der Waals surface area contributed by atoms with Crippen molar-refractivity contribution in [2.45, 2.75) is 31.6 Å². The first kappa shape index (κ1) is 26.4. The number of carbonyl (C=O) groups is 1. The zero-order chi connectivity index (χ0) is 26.4. The predicted octanol–water partition coefficient (Wildman–Crippen LogP) is 6.05. The molecule has 0 aliphatic heterocycles. The summed E-state index contributed by atoms with van der Waals surface area (Å²) in [7, 11) is -4.12. The van der Waals surface area contributed by atoms with Gasteiger partial charge in [0.25, 0.3) is 10.0 Å². The summed E-state index contributed by atoms with van der Waals surface area (Å²) >= 11 is 5.92. The van der Waals surface area contributed by atoms with Crippen molar-refractivity contribution in [1.29, 1.82) is 0 Å². The number of halogens is 1. The van der Waals surface area contributed by atoms with Crippen LogP contribution >= 0.6 is 11.6 Å². The smallest absolute Gasteiger partial charge is 0.421 e. The van der Waals surface area contributed by atoms with E-state index in [9.17, 15) is 13.2 Å². The molecule has 1 N–H and O–H groups in total. The molecule has 0 fully saturated rings. The van der Waals surface area contributed by atoms with Crippen LogP contribution in [0.2, 0.25) is 5.02 Å². The first-order valence-corrected chi connectivity index (χ1v) is 13.8. The summed E-state index contributed by atoms with van der Waals surface area (Å²) in [5.41, 5.74) is 3.92. The number of ether oxygens (including phenoxy) is 1. The molecule has 7 nitrogen and oxygen atoms in total. The molecule has 0 unspecified atom stereocenters. The minimum absolute atomic E-state index is 0.0189. The highest BCUT2D eigenvalue weighted by Gasteiger charge is 2.21. The molecule has 37 heavy (non-hydrogen) atoms. The number of nitrogens with zero attached hydrogens (tertiary/aromatic N) is 2. The van der Waals surface area contributed by atoms with Crippen molar-refractivity contribution in [1.82, 2.24) is 14.3 Å². The molecule has 0 aliphatic rings. The minimum Gasteiger partial charge on any atom is -0.448 e. The summed E-state index contributed by atoms with van der Waals surface area (Å²) in [6, 6.07) is 23.9. The average Bonchev–Trinajstić information content (AvgIpc) is 3.28. The van der Waals surface area contributed by atoms with E-state index in [0.29, 0.717) is 12.3 Å². The van der Waals surface area contributed by atoms with Gasteiger partial charge in [-0.1, -0.05) is 80.0 Å². The lowest BCUT2D eigenvalue weighted by Gasteiger charge is -2.11. The fourth-order valence-corrected chi connectivity index (χ4v) is 5.25. The molecule has 9 heteroatoms. The fourth-order valence-electron chi connectivity index (χ4n) is 3.84. The predicted molar refractivity (Wildman–Crippen MR) is 144 cm³/mol.